The van der Waals surface area contributed by atoms with E-state index in [0.717, 1.165) is 19.0 Å². The number of nitrogens with zero attached hydrogens (tertiary/aromatic N) is 3. The highest BCUT2D eigenvalue weighted by Crippen LogP contribution is 2.31. The summed E-state index contributed by atoms with van der Waals surface area (Å²) in [5, 5.41) is 17.3. The molecule has 3 N–H and O–H groups in total. The van der Waals surface area contributed by atoms with Crippen LogP contribution in [0.25, 0.3) is 0 Å². The highest BCUT2D eigenvalue weighted by atomic mass is 16.6. The van der Waals surface area contributed by atoms with Gasteiger partial charge in [0.15, 0.2) is 0 Å². The lowest BCUT2D eigenvalue weighted by atomic mass is 10.0. The molecule has 0 radical (unpaired) electrons. The van der Waals surface area contributed by atoms with Crippen molar-refractivity contribution in [3.63, 3.8) is 0 Å². The van der Waals surface area contributed by atoms with E-state index >= 15 is 0 Å². The van der Waals surface area contributed by atoms with Crippen LogP contribution in [0.4, 0.5) is 5.69 Å². The standard InChI is InChI=1S/C12H19N5O3/c1-12(2,16-7-9(5-15-16)17(19)20)11(18)14-6-10(13)8-3-4-8/h5,7-8,10H,3-4,6,13H2,1-2H3,(H,14,18). The Balaban J connectivity index is 1.99. The van der Waals surface area contributed by atoms with Crippen LogP contribution in [0.3, 0.4) is 0 Å². The molecule has 0 saturated heterocycles. The second-order valence-corrected chi connectivity index (χ2v) is 5.67. The van der Waals surface area contributed by atoms with Crippen molar-refractivity contribution in [2.24, 2.45) is 11.7 Å². The van der Waals surface area contributed by atoms with E-state index in [1.807, 2.05) is 0 Å². The van der Waals surface area contributed by atoms with Crippen LogP contribution >= 0.6 is 0 Å². The number of nitrogens with two attached hydrogens (primary N) is 1. The topological polar surface area (TPSA) is 116 Å². The molecule has 0 aromatic carbocycles. The third-order valence-electron chi connectivity index (χ3n) is 3.63. The van der Waals surface area contributed by atoms with E-state index in [1.165, 1.54) is 10.9 Å². The van der Waals surface area contributed by atoms with E-state index in [-0.39, 0.29) is 17.6 Å². The summed E-state index contributed by atoms with van der Waals surface area (Å²) in [6.07, 6.45) is 4.61. The van der Waals surface area contributed by atoms with Gasteiger partial charge < -0.3 is 11.1 Å². The van der Waals surface area contributed by atoms with E-state index in [2.05, 4.69) is 10.4 Å². The zero-order valence-corrected chi connectivity index (χ0v) is 11.6. The fourth-order valence-electron chi connectivity index (χ4n) is 1.94. The van der Waals surface area contributed by atoms with Crippen molar-refractivity contribution in [3.05, 3.63) is 22.5 Å². The number of nitro groups is 1. The Bertz CT molecular complexity index is 521. The molecule has 1 atom stereocenters. The lowest BCUT2D eigenvalue weighted by Gasteiger charge is -2.24. The lowest BCUT2D eigenvalue weighted by molar-refractivity contribution is -0.385. The molecule has 0 bridgehead atoms. The molecule has 8 heteroatoms. The Hall–Kier alpha value is -1.96. The molecule has 1 saturated carbocycles. The molecule has 1 aliphatic carbocycles. The fourth-order valence-corrected chi connectivity index (χ4v) is 1.94. The normalized spacial score (nSPS) is 16.8. The Kier molecular flexibility index (Phi) is 3.76. The first kappa shape index (κ1) is 14.4. The third-order valence-corrected chi connectivity index (χ3v) is 3.63. The smallest absolute Gasteiger partial charge is 0.307 e. The van der Waals surface area contributed by atoms with Crippen molar-refractivity contribution < 1.29 is 9.72 Å². The average Bonchev–Trinajstić information content (AvgIpc) is 3.11. The van der Waals surface area contributed by atoms with E-state index in [0.29, 0.717) is 12.5 Å². The number of amides is 1. The van der Waals surface area contributed by atoms with Crippen molar-refractivity contribution in [1.29, 1.82) is 0 Å². The lowest BCUT2D eigenvalue weighted by Crippen LogP contribution is -2.48. The first-order valence-electron chi connectivity index (χ1n) is 6.56. The van der Waals surface area contributed by atoms with Crippen LogP contribution in [-0.4, -0.2) is 33.2 Å². The first-order valence-corrected chi connectivity index (χ1v) is 6.56. The predicted octanol–water partition coefficient (Wildman–Crippen LogP) is 0.380. The van der Waals surface area contributed by atoms with E-state index in [1.54, 1.807) is 13.8 Å². The van der Waals surface area contributed by atoms with Gasteiger partial charge in [-0.2, -0.15) is 5.10 Å². The molecule has 0 spiro atoms. The Morgan fingerprint density at radius 2 is 2.35 bits per heavy atom. The molecule has 110 valence electrons. The summed E-state index contributed by atoms with van der Waals surface area (Å²) in [5.41, 5.74) is 4.79. The van der Waals surface area contributed by atoms with Crippen LogP contribution in [0.1, 0.15) is 26.7 Å². The molecule has 1 aromatic heterocycles. The molecule has 1 unspecified atom stereocenters. The summed E-state index contributed by atoms with van der Waals surface area (Å²) in [4.78, 5) is 22.3. The number of hydrogen-bond acceptors (Lipinski definition) is 5. The van der Waals surface area contributed by atoms with E-state index in [9.17, 15) is 14.9 Å². The molecular formula is C12H19N5O3. The molecule has 1 aliphatic rings. The number of rotatable bonds is 6. The van der Waals surface area contributed by atoms with Crippen molar-refractivity contribution in [1.82, 2.24) is 15.1 Å². The van der Waals surface area contributed by atoms with Gasteiger partial charge in [0.2, 0.25) is 5.91 Å². The van der Waals surface area contributed by atoms with Gasteiger partial charge >= 0.3 is 5.69 Å². The SMILES string of the molecule is CC(C)(C(=O)NCC(N)C1CC1)n1cc([N+](=O)[O-])cn1. The molecule has 2 rings (SSSR count). The summed E-state index contributed by atoms with van der Waals surface area (Å²) < 4.78 is 1.29. The molecule has 8 nitrogen and oxygen atoms in total. The summed E-state index contributed by atoms with van der Waals surface area (Å²) >= 11 is 0. The van der Waals surface area contributed by atoms with Gasteiger partial charge in [0.1, 0.15) is 17.9 Å². The zero-order chi connectivity index (χ0) is 14.9. The van der Waals surface area contributed by atoms with Crippen LogP contribution < -0.4 is 11.1 Å². The van der Waals surface area contributed by atoms with Crippen molar-refractivity contribution in [2.75, 3.05) is 6.54 Å². The summed E-state index contributed by atoms with van der Waals surface area (Å²) in [7, 11) is 0. The van der Waals surface area contributed by atoms with Crippen molar-refractivity contribution >= 4 is 11.6 Å². The molecule has 1 heterocycles. The summed E-state index contributed by atoms with van der Waals surface area (Å²) in [6, 6.07) is -0.0262. The van der Waals surface area contributed by atoms with Gasteiger partial charge in [-0.3, -0.25) is 19.6 Å². The van der Waals surface area contributed by atoms with Crippen molar-refractivity contribution in [2.45, 2.75) is 38.3 Å². The van der Waals surface area contributed by atoms with Gasteiger partial charge in [0.25, 0.3) is 0 Å². The Labute approximate surface area is 116 Å². The van der Waals surface area contributed by atoms with Crippen LogP contribution in [0, 0.1) is 16.0 Å². The van der Waals surface area contributed by atoms with E-state index < -0.39 is 10.5 Å². The van der Waals surface area contributed by atoms with Crippen LogP contribution in [0.2, 0.25) is 0 Å². The summed E-state index contributed by atoms with van der Waals surface area (Å²) in [6.45, 7) is 3.72. The van der Waals surface area contributed by atoms with Gasteiger partial charge in [0, 0.05) is 12.6 Å². The summed E-state index contributed by atoms with van der Waals surface area (Å²) in [5.74, 6) is 0.246. The molecule has 1 fully saturated rings. The number of carbonyl (C=O) groups excluding carboxylic acids is 1. The predicted molar refractivity (Wildman–Crippen MR) is 71.9 cm³/mol. The number of carbonyl (C=O) groups is 1. The zero-order valence-electron chi connectivity index (χ0n) is 11.6. The molecular weight excluding hydrogens is 262 g/mol. The van der Waals surface area contributed by atoms with Crippen LogP contribution in [0.5, 0.6) is 0 Å². The van der Waals surface area contributed by atoms with Gasteiger partial charge in [-0.15, -0.1) is 0 Å². The second kappa shape index (κ2) is 5.20. The maximum Gasteiger partial charge on any atom is 0.307 e. The van der Waals surface area contributed by atoms with Gasteiger partial charge in [-0.05, 0) is 32.6 Å². The molecule has 1 aromatic rings. The van der Waals surface area contributed by atoms with E-state index in [4.69, 9.17) is 5.73 Å². The fraction of sp³-hybridized carbons (Fsp3) is 0.667. The Morgan fingerprint density at radius 1 is 1.70 bits per heavy atom. The molecule has 20 heavy (non-hydrogen) atoms. The average molecular weight is 281 g/mol. The Morgan fingerprint density at radius 3 is 2.85 bits per heavy atom. The minimum Gasteiger partial charge on any atom is -0.352 e. The highest BCUT2D eigenvalue weighted by molar-refractivity contribution is 5.83. The highest BCUT2D eigenvalue weighted by Gasteiger charge is 2.34. The van der Waals surface area contributed by atoms with Gasteiger partial charge in [-0.1, -0.05) is 0 Å². The molecule has 0 aliphatic heterocycles. The minimum absolute atomic E-state index is 0.0262. The van der Waals surface area contributed by atoms with Crippen LogP contribution in [-0.2, 0) is 10.3 Å². The first-order chi connectivity index (χ1) is 9.32. The number of hydrogen-bond donors (Lipinski definition) is 2. The maximum absolute atomic E-state index is 12.2. The monoisotopic (exact) mass is 281 g/mol. The third kappa shape index (κ3) is 2.96. The maximum atomic E-state index is 12.2. The second-order valence-electron chi connectivity index (χ2n) is 5.67. The number of aromatic nitrogens is 2. The molecule has 1 amide bonds. The quantitative estimate of drug-likeness (QED) is 0.577. The van der Waals surface area contributed by atoms with Crippen molar-refractivity contribution in [3.8, 4) is 0 Å². The van der Waals surface area contributed by atoms with Gasteiger partial charge in [0.05, 0.1) is 4.92 Å². The largest absolute Gasteiger partial charge is 0.352 e. The number of nitrogens with one attached hydrogen (secondary N) is 1. The van der Waals surface area contributed by atoms with Crippen LogP contribution in [0.15, 0.2) is 12.4 Å². The minimum atomic E-state index is -1.00. The van der Waals surface area contributed by atoms with Gasteiger partial charge in [-0.25, -0.2) is 0 Å².